The van der Waals surface area contributed by atoms with E-state index >= 15 is 0 Å². The van der Waals surface area contributed by atoms with E-state index in [0.717, 1.165) is 22.3 Å². The molecule has 2 aromatic carbocycles. The van der Waals surface area contributed by atoms with Crippen molar-refractivity contribution >= 4 is 12.2 Å². The van der Waals surface area contributed by atoms with Crippen molar-refractivity contribution in [2.45, 2.75) is 12.3 Å². The monoisotopic (exact) mass is 338 g/mol. The first-order valence-corrected chi connectivity index (χ1v) is 8.32. The standard InChI is InChI=1S/C20H14N6/c21-11-15-9-13-5-1-3-7-17(13)19-23-26-16(12-22)10-14-6-2-4-8-18(14)20(26)24-25(15)19/h1-10,19-20,23-24H. The molecule has 2 aromatic rings. The van der Waals surface area contributed by atoms with Crippen LogP contribution in [0.2, 0.25) is 0 Å². The summed E-state index contributed by atoms with van der Waals surface area (Å²) >= 11 is 0. The molecule has 2 unspecified atom stereocenters. The molecule has 6 heteroatoms. The largest absolute Gasteiger partial charge is 0.273 e. The summed E-state index contributed by atoms with van der Waals surface area (Å²) in [6.07, 6.45) is 3.21. The molecular formula is C20H14N6. The Morgan fingerprint density at radius 2 is 1.12 bits per heavy atom. The summed E-state index contributed by atoms with van der Waals surface area (Å²) in [5.74, 6) is 0. The Morgan fingerprint density at radius 3 is 1.54 bits per heavy atom. The molecule has 0 aliphatic carbocycles. The molecule has 2 atom stereocenters. The number of hydrogen-bond acceptors (Lipinski definition) is 6. The molecule has 3 heterocycles. The van der Waals surface area contributed by atoms with Gasteiger partial charge in [-0.1, -0.05) is 48.5 Å². The number of nitriles is 2. The molecule has 6 nitrogen and oxygen atoms in total. The minimum atomic E-state index is -0.274. The van der Waals surface area contributed by atoms with E-state index in [9.17, 15) is 10.5 Å². The fourth-order valence-electron chi connectivity index (χ4n) is 3.75. The number of allylic oxidation sites excluding steroid dienone is 2. The van der Waals surface area contributed by atoms with Crippen molar-refractivity contribution in [3.05, 3.63) is 82.2 Å². The van der Waals surface area contributed by atoms with Crippen LogP contribution in [0.1, 0.15) is 34.6 Å². The Labute approximate surface area is 150 Å². The van der Waals surface area contributed by atoms with Crippen LogP contribution in [0, 0.1) is 22.7 Å². The smallest absolute Gasteiger partial charge is 0.139 e. The van der Waals surface area contributed by atoms with Gasteiger partial charge in [-0.2, -0.15) is 10.5 Å². The zero-order valence-corrected chi connectivity index (χ0v) is 13.7. The summed E-state index contributed by atoms with van der Waals surface area (Å²) in [6.45, 7) is 0. The fraction of sp³-hybridized carbons (Fsp3) is 0.100. The maximum Gasteiger partial charge on any atom is 0.139 e. The van der Waals surface area contributed by atoms with Crippen LogP contribution in [0.4, 0.5) is 0 Å². The molecule has 0 saturated carbocycles. The average Bonchev–Trinajstić information content (AvgIpc) is 2.71. The first kappa shape index (κ1) is 14.7. The fourth-order valence-corrected chi connectivity index (χ4v) is 3.75. The molecule has 3 aliphatic rings. The van der Waals surface area contributed by atoms with Gasteiger partial charge in [0, 0.05) is 0 Å². The number of nitrogens with one attached hydrogen (secondary N) is 2. The lowest BCUT2D eigenvalue weighted by atomic mass is 9.97. The zero-order valence-electron chi connectivity index (χ0n) is 13.7. The van der Waals surface area contributed by atoms with Crippen molar-refractivity contribution in [3.63, 3.8) is 0 Å². The highest BCUT2D eigenvalue weighted by Gasteiger charge is 2.41. The van der Waals surface area contributed by atoms with E-state index in [1.165, 1.54) is 0 Å². The van der Waals surface area contributed by atoms with Crippen molar-refractivity contribution in [3.8, 4) is 12.1 Å². The van der Waals surface area contributed by atoms with E-state index in [2.05, 4.69) is 23.0 Å². The van der Waals surface area contributed by atoms with Gasteiger partial charge in [0.15, 0.2) is 0 Å². The summed E-state index contributed by atoms with van der Waals surface area (Å²) in [6, 6.07) is 20.4. The van der Waals surface area contributed by atoms with Crippen molar-refractivity contribution in [1.29, 1.82) is 10.5 Å². The lowest BCUT2D eigenvalue weighted by Crippen LogP contribution is -2.63. The van der Waals surface area contributed by atoms with Gasteiger partial charge < -0.3 is 0 Å². The van der Waals surface area contributed by atoms with Gasteiger partial charge in [0.2, 0.25) is 0 Å². The maximum absolute atomic E-state index is 9.64. The van der Waals surface area contributed by atoms with Crippen LogP contribution in [0.25, 0.3) is 12.2 Å². The van der Waals surface area contributed by atoms with Gasteiger partial charge in [-0.15, -0.1) is 0 Å². The zero-order chi connectivity index (χ0) is 17.7. The van der Waals surface area contributed by atoms with E-state index in [4.69, 9.17) is 0 Å². The Morgan fingerprint density at radius 1 is 0.692 bits per heavy atom. The predicted octanol–water partition coefficient (Wildman–Crippen LogP) is 2.77. The van der Waals surface area contributed by atoms with Gasteiger partial charge in [0.25, 0.3) is 0 Å². The third kappa shape index (κ3) is 1.98. The highest BCUT2D eigenvalue weighted by Crippen LogP contribution is 2.40. The summed E-state index contributed by atoms with van der Waals surface area (Å²) in [5, 5.41) is 23.0. The highest BCUT2D eigenvalue weighted by atomic mass is 15.8. The molecule has 0 spiro atoms. The molecule has 1 saturated heterocycles. The van der Waals surface area contributed by atoms with E-state index in [1.54, 1.807) is 0 Å². The molecule has 124 valence electrons. The van der Waals surface area contributed by atoms with Gasteiger partial charge in [0.1, 0.15) is 35.9 Å². The molecule has 0 amide bonds. The molecule has 26 heavy (non-hydrogen) atoms. The molecule has 3 aliphatic heterocycles. The highest BCUT2D eigenvalue weighted by molar-refractivity contribution is 5.65. The van der Waals surface area contributed by atoms with E-state index < -0.39 is 0 Å². The van der Waals surface area contributed by atoms with Gasteiger partial charge in [0.05, 0.1) is 0 Å². The van der Waals surface area contributed by atoms with Crippen LogP contribution in [-0.4, -0.2) is 10.0 Å². The number of benzene rings is 2. The van der Waals surface area contributed by atoms with Crippen LogP contribution < -0.4 is 10.9 Å². The number of fused-ring (bicyclic) bond motifs is 6. The van der Waals surface area contributed by atoms with E-state index in [0.29, 0.717) is 11.4 Å². The molecule has 1 fully saturated rings. The lowest BCUT2D eigenvalue weighted by Gasteiger charge is -2.51. The Kier molecular flexibility index (Phi) is 3.10. The summed E-state index contributed by atoms with van der Waals surface area (Å²) in [5.41, 5.74) is 12.0. The third-order valence-corrected chi connectivity index (χ3v) is 4.95. The van der Waals surface area contributed by atoms with Gasteiger partial charge in [-0.25, -0.2) is 10.9 Å². The normalized spacial score (nSPS) is 22.5. The van der Waals surface area contributed by atoms with Crippen LogP contribution >= 0.6 is 0 Å². The molecular weight excluding hydrogens is 324 g/mol. The number of rotatable bonds is 0. The maximum atomic E-state index is 9.64. The molecule has 0 aromatic heterocycles. The average molecular weight is 338 g/mol. The summed E-state index contributed by atoms with van der Waals surface area (Å²) < 4.78 is 0. The number of hydrogen-bond donors (Lipinski definition) is 2. The Hall–Kier alpha value is -3.58. The van der Waals surface area contributed by atoms with Crippen molar-refractivity contribution in [1.82, 2.24) is 20.9 Å². The van der Waals surface area contributed by atoms with Crippen LogP contribution in [0.5, 0.6) is 0 Å². The van der Waals surface area contributed by atoms with Crippen molar-refractivity contribution < 1.29 is 0 Å². The molecule has 0 radical (unpaired) electrons. The van der Waals surface area contributed by atoms with Crippen LogP contribution in [0.3, 0.4) is 0 Å². The first-order chi connectivity index (χ1) is 12.8. The third-order valence-electron chi connectivity index (χ3n) is 4.95. The SMILES string of the molecule is N#CC1=Cc2ccccc2C2NN3C(C#N)=Cc4ccccc4C3NN12. The second-order valence-electron chi connectivity index (χ2n) is 6.34. The van der Waals surface area contributed by atoms with Crippen molar-refractivity contribution in [2.75, 3.05) is 0 Å². The molecule has 2 N–H and O–H groups in total. The minimum absolute atomic E-state index is 0.274. The number of hydrazine groups is 2. The molecule has 0 bridgehead atoms. The van der Waals surface area contributed by atoms with Crippen LogP contribution in [-0.2, 0) is 0 Å². The topological polar surface area (TPSA) is 78.1 Å². The van der Waals surface area contributed by atoms with Crippen molar-refractivity contribution in [2.24, 2.45) is 0 Å². The summed E-state index contributed by atoms with van der Waals surface area (Å²) in [7, 11) is 0. The van der Waals surface area contributed by atoms with Crippen LogP contribution in [0.15, 0.2) is 59.9 Å². The Balaban J connectivity index is 1.65. The van der Waals surface area contributed by atoms with E-state index in [-0.39, 0.29) is 12.3 Å². The minimum Gasteiger partial charge on any atom is -0.273 e. The van der Waals surface area contributed by atoms with Gasteiger partial charge in [-0.05, 0) is 34.4 Å². The lowest BCUT2D eigenvalue weighted by molar-refractivity contribution is -0.0532. The van der Waals surface area contributed by atoms with Gasteiger partial charge >= 0.3 is 0 Å². The second kappa shape index (κ2) is 5.47. The predicted molar refractivity (Wildman–Crippen MR) is 95.5 cm³/mol. The Bertz CT molecular complexity index is 969. The second-order valence-corrected chi connectivity index (χ2v) is 6.34. The summed E-state index contributed by atoms with van der Waals surface area (Å²) in [4.78, 5) is 0. The van der Waals surface area contributed by atoms with E-state index in [1.807, 2.05) is 70.7 Å². The molecule has 5 rings (SSSR count). The first-order valence-electron chi connectivity index (χ1n) is 8.32. The quantitative estimate of drug-likeness (QED) is 0.769. The van der Waals surface area contributed by atoms with Gasteiger partial charge in [-0.3, -0.25) is 10.0 Å². The number of nitrogens with zero attached hydrogens (tertiary/aromatic N) is 4.